The van der Waals surface area contributed by atoms with Gasteiger partial charge in [-0.25, -0.2) is 4.79 Å². The van der Waals surface area contributed by atoms with E-state index in [0.29, 0.717) is 17.5 Å². The lowest BCUT2D eigenvalue weighted by Crippen LogP contribution is -2.63. The zero-order valence-electron chi connectivity index (χ0n) is 23.6. The van der Waals surface area contributed by atoms with Gasteiger partial charge >= 0.3 is 6.09 Å². The number of allylic oxidation sites excluding steroid dienone is 1. The van der Waals surface area contributed by atoms with Gasteiger partial charge in [0.05, 0.1) is 22.2 Å². The average Bonchev–Trinajstić information content (AvgIpc) is 3.33. The quantitative estimate of drug-likeness (QED) is 0.237. The molecule has 3 amide bonds. The van der Waals surface area contributed by atoms with Crippen molar-refractivity contribution in [3.8, 4) is 0 Å². The molecule has 0 spiro atoms. The summed E-state index contributed by atoms with van der Waals surface area (Å²) in [5, 5.41) is 0. The molecule has 3 aliphatic heterocycles. The Hall–Kier alpha value is -3.91. The van der Waals surface area contributed by atoms with E-state index in [0.717, 1.165) is 27.0 Å². The molecule has 0 fully saturated rings. The van der Waals surface area contributed by atoms with Gasteiger partial charge in [0.1, 0.15) is 11.8 Å². The van der Waals surface area contributed by atoms with Crippen LogP contribution in [-0.2, 0) is 10.2 Å². The van der Waals surface area contributed by atoms with Crippen molar-refractivity contribution in [1.82, 2.24) is 4.90 Å². The molecule has 3 aromatic rings. The molecule has 0 N–H and O–H groups in total. The molecule has 0 saturated carbocycles. The number of hydrogen-bond donors (Lipinski definition) is 0. The van der Waals surface area contributed by atoms with Crippen LogP contribution in [0, 0.1) is 0 Å². The van der Waals surface area contributed by atoms with E-state index in [4.69, 9.17) is 4.74 Å². The summed E-state index contributed by atoms with van der Waals surface area (Å²) in [6.45, 7) is 10.0. The van der Waals surface area contributed by atoms with Crippen LogP contribution in [0.15, 0.2) is 83.9 Å². The Bertz CT molecular complexity index is 1580. The van der Waals surface area contributed by atoms with Crippen LogP contribution in [0.5, 0.6) is 0 Å². The molecule has 0 bridgehead atoms. The van der Waals surface area contributed by atoms with E-state index in [1.165, 1.54) is 4.90 Å². The minimum atomic E-state index is -0.771. The van der Waals surface area contributed by atoms with Gasteiger partial charge < -0.3 is 9.64 Å². The first-order valence-corrected chi connectivity index (χ1v) is 14.5. The minimum absolute atomic E-state index is 0.173. The monoisotopic (exact) mass is 613 g/mol. The summed E-state index contributed by atoms with van der Waals surface area (Å²) in [6, 6.07) is 20.8. The predicted octanol–water partition coefficient (Wildman–Crippen LogP) is 6.87. The molecule has 6 rings (SSSR count). The second kappa shape index (κ2) is 9.58. The third-order valence-electron chi connectivity index (χ3n) is 8.45. The van der Waals surface area contributed by atoms with Crippen LogP contribution >= 0.6 is 15.9 Å². The molecule has 210 valence electrons. The number of carbonyl (C=O) groups excluding carboxylic acids is 3. The summed E-state index contributed by atoms with van der Waals surface area (Å²) >= 11 is 3.83. The molecule has 0 aliphatic carbocycles. The van der Waals surface area contributed by atoms with Crippen molar-refractivity contribution < 1.29 is 19.1 Å². The molecule has 3 heterocycles. The van der Waals surface area contributed by atoms with E-state index in [-0.39, 0.29) is 24.3 Å². The van der Waals surface area contributed by atoms with Crippen LogP contribution < -0.4 is 9.80 Å². The normalized spacial score (nSPS) is 22.7. The SMILES string of the molecule is C=C[C@H]1c2ccccc2N(C(=O)OC(C)(C)C)[C@@H]2N(C)c3cccc(Br)c3[C@]12CCN1C(=O)c2ccccc2C1=O. The maximum absolute atomic E-state index is 14.1. The summed E-state index contributed by atoms with van der Waals surface area (Å²) in [6.07, 6.45) is 1.36. The second-order valence-electron chi connectivity index (χ2n) is 11.8. The number of imide groups is 1. The third-order valence-corrected chi connectivity index (χ3v) is 9.11. The number of benzene rings is 3. The lowest BCUT2D eigenvalue weighted by atomic mass is 9.62. The fourth-order valence-electron chi connectivity index (χ4n) is 6.97. The van der Waals surface area contributed by atoms with E-state index in [9.17, 15) is 14.4 Å². The Morgan fingerprint density at radius 2 is 1.59 bits per heavy atom. The van der Waals surface area contributed by atoms with Crippen molar-refractivity contribution in [2.24, 2.45) is 0 Å². The molecule has 0 aromatic heterocycles. The highest BCUT2D eigenvalue weighted by molar-refractivity contribution is 9.10. The minimum Gasteiger partial charge on any atom is -0.443 e. The maximum atomic E-state index is 14.1. The van der Waals surface area contributed by atoms with Gasteiger partial charge in [0.15, 0.2) is 0 Å². The van der Waals surface area contributed by atoms with Crippen LogP contribution in [0.2, 0.25) is 0 Å². The van der Waals surface area contributed by atoms with E-state index in [1.54, 1.807) is 29.2 Å². The van der Waals surface area contributed by atoms with Gasteiger partial charge in [-0.1, -0.05) is 58.4 Å². The van der Waals surface area contributed by atoms with Crippen molar-refractivity contribution in [3.63, 3.8) is 0 Å². The molecule has 8 heteroatoms. The van der Waals surface area contributed by atoms with Gasteiger partial charge in [0.25, 0.3) is 11.8 Å². The summed E-state index contributed by atoms with van der Waals surface area (Å²) in [5.74, 6) is -0.833. The fraction of sp³-hybridized carbons (Fsp3) is 0.303. The zero-order chi connectivity index (χ0) is 29.3. The first-order valence-electron chi connectivity index (χ1n) is 13.7. The number of anilines is 2. The topological polar surface area (TPSA) is 70.2 Å². The molecule has 3 aromatic carbocycles. The van der Waals surface area contributed by atoms with Crippen LogP contribution in [0.1, 0.15) is 65.0 Å². The summed E-state index contributed by atoms with van der Waals surface area (Å²) < 4.78 is 6.88. The predicted molar refractivity (Wildman–Crippen MR) is 163 cm³/mol. The largest absolute Gasteiger partial charge is 0.443 e. The van der Waals surface area contributed by atoms with Crippen molar-refractivity contribution >= 4 is 45.2 Å². The van der Waals surface area contributed by atoms with E-state index >= 15 is 0 Å². The standard InChI is InChI=1S/C33H32BrN3O4/c1-6-23-22-14-9-10-16-25(22)37(31(40)41-32(2,3)4)30-33(23,27-24(34)15-11-17-26(27)35(30)5)18-19-36-28(38)20-12-7-8-13-21(20)29(36)39/h6-17,23,30H,1,18-19H2,2-5H3/t23-,30-,33-/m0/s1. The smallest absolute Gasteiger partial charge is 0.416 e. The summed E-state index contributed by atoms with van der Waals surface area (Å²) in [5.41, 5.74) is 3.01. The van der Waals surface area contributed by atoms with Gasteiger partial charge in [0.2, 0.25) is 0 Å². The maximum Gasteiger partial charge on any atom is 0.416 e. The van der Waals surface area contributed by atoms with Crippen molar-refractivity contribution in [3.05, 3.63) is 106 Å². The number of likely N-dealkylation sites (N-methyl/N-ethyl adjacent to an activating group) is 1. The summed E-state index contributed by atoms with van der Waals surface area (Å²) in [7, 11) is 1.98. The molecule has 3 aliphatic rings. The fourth-order valence-corrected chi connectivity index (χ4v) is 7.69. The van der Waals surface area contributed by atoms with Crippen molar-refractivity contribution in [2.75, 3.05) is 23.4 Å². The first-order chi connectivity index (χ1) is 19.5. The number of rotatable bonds is 4. The molecule has 0 saturated heterocycles. The van der Waals surface area contributed by atoms with Crippen LogP contribution in [0.25, 0.3) is 0 Å². The number of para-hydroxylation sites is 1. The number of halogens is 1. The van der Waals surface area contributed by atoms with E-state index in [1.807, 2.05) is 76.4 Å². The molecule has 41 heavy (non-hydrogen) atoms. The Kier molecular flexibility index (Phi) is 6.37. The first kappa shape index (κ1) is 27.3. The molecule has 0 radical (unpaired) electrons. The lowest BCUT2D eigenvalue weighted by Gasteiger charge is -2.52. The number of carbonyl (C=O) groups is 3. The van der Waals surface area contributed by atoms with E-state index in [2.05, 4.69) is 27.4 Å². The van der Waals surface area contributed by atoms with Crippen LogP contribution in [-0.4, -0.2) is 48.2 Å². The van der Waals surface area contributed by atoms with Crippen molar-refractivity contribution in [1.29, 1.82) is 0 Å². The van der Waals surface area contributed by atoms with Gasteiger partial charge in [-0.15, -0.1) is 6.58 Å². The number of hydrogen-bond acceptors (Lipinski definition) is 5. The molecule has 0 unspecified atom stereocenters. The van der Waals surface area contributed by atoms with Crippen LogP contribution in [0.3, 0.4) is 0 Å². The Balaban J connectivity index is 1.55. The highest BCUT2D eigenvalue weighted by Crippen LogP contribution is 2.62. The molecule has 7 nitrogen and oxygen atoms in total. The van der Waals surface area contributed by atoms with Gasteiger partial charge in [-0.3, -0.25) is 19.4 Å². The average molecular weight is 615 g/mol. The number of fused-ring (bicyclic) bond motifs is 5. The Morgan fingerprint density at radius 1 is 0.976 bits per heavy atom. The van der Waals surface area contributed by atoms with Gasteiger partial charge in [-0.2, -0.15) is 0 Å². The van der Waals surface area contributed by atoms with Gasteiger partial charge in [-0.05, 0) is 63.1 Å². The number of ether oxygens (including phenoxy) is 1. The molecular formula is C33H32BrN3O4. The molecule has 3 atom stereocenters. The second-order valence-corrected chi connectivity index (χ2v) is 12.7. The lowest BCUT2D eigenvalue weighted by molar-refractivity contribution is 0.0519. The third kappa shape index (κ3) is 3.95. The van der Waals surface area contributed by atoms with Gasteiger partial charge in [0, 0.05) is 35.2 Å². The highest BCUT2D eigenvalue weighted by atomic mass is 79.9. The van der Waals surface area contributed by atoms with E-state index < -0.39 is 23.3 Å². The van der Waals surface area contributed by atoms with Crippen LogP contribution in [0.4, 0.5) is 16.2 Å². The van der Waals surface area contributed by atoms with Crippen molar-refractivity contribution in [2.45, 2.75) is 50.3 Å². The molecular weight excluding hydrogens is 582 g/mol. The Morgan fingerprint density at radius 3 is 2.22 bits per heavy atom. The zero-order valence-corrected chi connectivity index (χ0v) is 25.1. The summed E-state index contributed by atoms with van der Waals surface area (Å²) in [4.78, 5) is 46.1. The highest BCUT2D eigenvalue weighted by Gasteiger charge is 2.62. The number of nitrogens with zero attached hydrogens (tertiary/aromatic N) is 3. The number of amides is 3. The Labute approximate surface area is 248 Å².